The molecule has 118 valence electrons. The average molecular weight is 346 g/mol. The van der Waals surface area contributed by atoms with Crippen LogP contribution in [0.3, 0.4) is 0 Å². The molecule has 0 spiro atoms. The summed E-state index contributed by atoms with van der Waals surface area (Å²) in [5.74, 6) is 0.103. The fourth-order valence-electron chi connectivity index (χ4n) is 1.90. The van der Waals surface area contributed by atoms with Crippen LogP contribution in [0.1, 0.15) is 21.1 Å². The smallest absolute Gasteiger partial charge is 0.272 e. The van der Waals surface area contributed by atoms with Gasteiger partial charge in [-0.25, -0.2) is 4.98 Å². The Labute approximate surface area is 141 Å². The Kier molecular flexibility index (Phi) is 4.63. The number of carbonyl (C=O) groups is 1. The molecule has 0 aliphatic heterocycles. The largest absolute Gasteiger partial charge is 0.480 e. The summed E-state index contributed by atoms with van der Waals surface area (Å²) in [6, 6.07) is 7.23. The Morgan fingerprint density at radius 3 is 2.83 bits per heavy atom. The molecule has 3 aromatic heterocycles. The van der Waals surface area contributed by atoms with E-state index >= 15 is 0 Å². The number of rotatable bonds is 5. The molecule has 0 unspecified atom stereocenters. The van der Waals surface area contributed by atoms with Crippen LogP contribution >= 0.6 is 22.7 Å². The number of aryl methyl sites for hydroxylation is 1. The maximum atomic E-state index is 12.1. The molecule has 0 saturated carbocycles. The van der Waals surface area contributed by atoms with Crippen LogP contribution in [0.4, 0.5) is 0 Å². The van der Waals surface area contributed by atoms with Crippen molar-refractivity contribution in [3.63, 3.8) is 0 Å². The third-order valence-corrected chi connectivity index (χ3v) is 5.31. The molecule has 0 fully saturated rings. The fourth-order valence-corrected chi connectivity index (χ4v) is 3.70. The number of aromatic nitrogens is 3. The minimum absolute atomic E-state index is 0.256. The summed E-state index contributed by atoms with van der Waals surface area (Å²) in [4.78, 5) is 18.8. The maximum Gasteiger partial charge on any atom is 0.272 e. The molecule has 3 rings (SSSR count). The fraction of sp³-hybridized carbons (Fsp3) is 0.200. The van der Waals surface area contributed by atoms with Gasteiger partial charge in [-0.15, -0.1) is 32.9 Å². The van der Waals surface area contributed by atoms with Crippen LogP contribution in [0.15, 0.2) is 29.6 Å². The number of nitrogens with zero attached hydrogens (tertiary/aromatic N) is 3. The Hall–Kier alpha value is -2.32. The van der Waals surface area contributed by atoms with Gasteiger partial charge in [0.25, 0.3) is 5.91 Å². The molecule has 6 nitrogen and oxygen atoms in total. The van der Waals surface area contributed by atoms with Crippen LogP contribution in [0.2, 0.25) is 0 Å². The Morgan fingerprint density at radius 2 is 2.17 bits per heavy atom. The zero-order chi connectivity index (χ0) is 16.2. The van der Waals surface area contributed by atoms with Crippen LogP contribution in [-0.2, 0) is 6.54 Å². The van der Waals surface area contributed by atoms with E-state index in [0.717, 1.165) is 20.5 Å². The molecule has 8 heteroatoms. The number of methoxy groups -OCH3 is 1. The molecule has 1 N–H and O–H groups in total. The standard InChI is InChI=1S/C15H14N4O2S2/c1-9-12(23-15(17-9)11-4-3-7-22-11)8-16-14(20)10-5-6-13(21-2)19-18-10/h3-7H,8H2,1-2H3,(H,16,20). The topological polar surface area (TPSA) is 77.0 Å². The van der Waals surface area contributed by atoms with Crippen molar-refractivity contribution in [2.75, 3.05) is 7.11 Å². The van der Waals surface area contributed by atoms with Crippen LogP contribution in [0.5, 0.6) is 5.88 Å². The minimum Gasteiger partial charge on any atom is -0.480 e. The Balaban J connectivity index is 1.67. The van der Waals surface area contributed by atoms with E-state index in [1.165, 1.54) is 7.11 Å². The van der Waals surface area contributed by atoms with E-state index in [-0.39, 0.29) is 11.6 Å². The van der Waals surface area contributed by atoms with E-state index in [1.54, 1.807) is 34.8 Å². The predicted octanol–water partition coefficient (Wildman–Crippen LogP) is 2.91. The molecule has 3 heterocycles. The molecule has 0 aliphatic carbocycles. The van der Waals surface area contributed by atoms with Gasteiger partial charge in [0.05, 0.1) is 24.2 Å². The third kappa shape index (κ3) is 3.54. The Morgan fingerprint density at radius 1 is 1.30 bits per heavy atom. The second-order valence-corrected chi connectivity index (χ2v) is 6.68. The molecular weight excluding hydrogens is 332 g/mol. The van der Waals surface area contributed by atoms with E-state index in [9.17, 15) is 4.79 Å². The molecule has 0 aliphatic rings. The molecule has 0 aromatic carbocycles. The van der Waals surface area contributed by atoms with Gasteiger partial charge in [-0.05, 0) is 24.4 Å². The number of thiophene rings is 1. The predicted molar refractivity (Wildman–Crippen MR) is 89.9 cm³/mol. The van der Waals surface area contributed by atoms with Gasteiger partial charge in [-0.2, -0.15) is 0 Å². The van der Waals surface area contributed by atoms with Crippen molar-refractivity contribution >= 4 is 28.6 Å². The molecule has 0 saturated heterocycles. The zero-order valence-corrected chi connectivity index (χ0v) is 14.2. The zero-order valence-electron chi connectivity index (χ0n) is 12.6. The van der Waals surface area contributed by atoms with E-state index in [2.05, 4.69) is 20.5 Å². The monoisotopic (exact) mass is 346 g/mol. The summed E-state index contributed by atoms with van der Waals surface area (Å²) < 4.78 is 4.92. The lowest BCUT2D eigenvalue weighted by Gasteiger charge is -2.03. The first-order valence-corrected chi connectivity index (χ1v) is 8.53. The van der Waals surface area contributed by atoms with Crippen molar-refractivity contribution in [2.45, 2.75) is 13.5 Å². The van der Waals surface area contributed by atoms with Gasteiger partial charge in [-0.1, -0.05) is 6.07 Å². The second-order valence-electron chi connectivity index (χ2n) is 4.65. The van der Waals surface area contributed by atoms with Crippen LogP contribution in [-0.4, -0.2) is 28.2 Å². The number of thiazole rings is 1. The van der Waals surface area contributed by atoms with Crippen molar-refractivity contribution in [1.82, 2.24) is 20.5 Å². The summed E-state index contributed by atoms with van der Waals surface area (Å²) in [6.07, 6.45) is 0. The van der Waals surface area contributed by atoms with Gasteiger partial charge in [0.2, 0.25) is 5.88 Å². The molecule has 0 atom stereocenters. The van der Waals surface area contributed by atoms with Crippen molar-refractivity contribution in [1.29, 1.82) is 0 Å². The number of ether oxygens (including phenoxy) is 1. The highest BCUT2D eigenvalue weighted by Crippen LogP contribution is 2.30. The number of amides is 1. The van der Waals surface area contributed by atoms with Crippen LogP contribution < -0.4 is 10.1 Å². The lowest BCUT2D eigenvalue weighted by molar-refractivity contribution is 0.0945. The van der Waals surface area contributed by atoms with E-state index in [0.29, 0.717) is 12.4 Å². The van der Waals surface area contributed by atoms with Crippen LogP contribution in [0, 0.1) is 6.92 Å². The van der Waals surface area contributed by atoms with Crippen molar-refractivity contribution in [2.24, 2.45) is 0 Å². The highest BCUT2D eigenvalue weighted by atomic mass is 32.1. The number of nitrogens with one attached hydrogen (secondary N) is 1. The summed E-state index contributed by atoms with van der Waals surface area (Å²) in [6.45, 7) is 2.36. The Bertz CT molecular complexity index is 798. The highest BCUT2D eigenvalue weighted by Gasteiger charge is 2.13. The van der Waals surface area contributed by atoms with Crippen molar-refractivity contribution in [3.05, 3.63) is 45.9 Å². The van der Waals surface area contributed by atoms with Crippen molar-refractivity contribution < 1.29 is 9.53 Å². The van der Waals surface area contributed by atoms with E-state index < -0.39 is 0 Å². The van der Waals surface area contributed by atoms with Gasteiger partial charge >= 0.3 is 0 Å². The summed E-state index contributed by atoms with van der Waals surface area (Å²) in [7, 11) is 1.50. The number of hydrogen-bond acceptors (Lipinski definition) is 7. The highest BCUT2D eigenvalue weighted by molar-refractivity contribution is 7.21. The number of hydrogen-bond donors (Lipinski definition) is 1. The van der Waals surface area contributed by atoms with E-state index in [4.69, 9.17) is 4.74 Å². The first-order chi connectivity index (χ1) is 11.2. The third-order valence-electron chi connectivity index (χ3n) is 3.12. The lowest BCUT2D eigenvalue weighted by Crippen LogP contribution is -2.24. The lowest BCUT2D eigenvalue weighted by atomic mass is 10.3. The van der Waals surface area contributed by atoms with E-state index in [1.807, 2.05) is 24.4 Å². The summed E-state index contributed by atoms with van der Waals surface area (Å²) in [5, 5.41) is 13.5. The number of carbonyl (C=O) groups excluding carboxylic acids is 1. The van der Waals surface area contributed by atoms with Gasteiger partial charge in [0.1, 0.15) is 5.01 Å². The first kappa shape index (κ1) is 15.6. The minimum atomic E-state index is -0.273. The molecular formula is C15H14N4O2S2. The molecule has 3 aromatic rings. The molecule has 1 amide bonds. The first-order valence-electron chi connectivity index (χ1n) is 6.83. The van der Waals surface area contributed by atoms with Gasteiger partial charge in [-0.3, -0.25) is 4.79 Å². The van der Waals surface area contributed by atoms with Gasteiger partial charge in [0, 0.05) is 10.9 Å². The summed E-state index contributed by atoms with van der Waals surface area (Å²) in [5.41, 5.74) is 1.19. The molecule has 23 heavy (non-hydrogen) atoms. The van der Waals surface area contributed by atoms with Crippen molar-refractivity contribution in [3.8, 4) is 15.8 Å². The second kappa shape index (κ2) is 6.84. The summed E-state index contributed by atoms with van der Waals surface area (Å²) >= 11 is 3.24. The molecule has 0 bridgehead atoms. The van der Waals surface area contributed by atoms with Crippen LogP contribution in [0.25, 0.3) is 9.88 Å². The van der Waals surface area contributed by atoms with Gasteiger partial charge < -0.3 is 10.1 Å². The molecule has 0 radical (unpaired) electrons. The average Bonchev–Trinajstić information content (AvgIpc) is 3.22. The SMILES string of the molecule is COc1ccc(C(=O)NCc2sc(-c3cccs3)nc2C)nn1. The quantitative estimate of drug-likeness (QED) is 0.769. The van der Waals surface area contributed by atoms with Gasteiger partial charge in [0.15, 0.2) is 5.69 Å². The maximum absolute atomic E-state index is 12.1. The normalized spacial score (nSPS) is 10.5.